The highest BCUT2D eigenvalue weighted by atomic mass is 16.1. The number of benzene rings is 2. The highest BCUT2D eigenvalue weighted by molar-refractivity contribution is 5.87. The van der Waals surface area contributed by atoms with Gasteiger partial charge in [0.15, 0.2) is 5.82 Å². The van der Waals surface area contributed by atoms with Gasteiger partial charge in [0.2, 0.25) is 5.95 Å². The van der Waals surface area contributed by atoms with E-state index in [9.17, 15) is 4.79 Å². The molecular formula is C26H24N6O. The molecule has 0 saturated carbocycles. The van der Waals surface area contributed by atoms with E-state index in [4.69, 9.17) is 5.73 Å². The number of fused-ring (bicyclic) bond motifs is 2. The van der Waals surface area contributed by atoms with Gasteiger partial charge in [0.05, 0.1) is 16.9 Å². The highest BCUT2D eigenvalue weighted by Gasteiger charge is 2.19. The van der Waals surface area contributed by atoms with E-state index in [0.717, 1.165) is 27.9 Å². The number of aryl methyl sites for hydroxylation is 2. The molecule has 0 aliphatic rings. The molecule has 2 aromatic carbocycles. The van der Waals surface area contributed by atoms with Crippen molar-refractivity contribution >= 4 is 33.6 Å². The molecule has 1 atom stereocenters. The van der Waals surface area contributed by atoms with Crippen molar-refractivity contribution in [3.05, 3.63) is 94.0 Å². The van der Waals surface area contributed by atoms with Crippen molar-refractivity contribution in [3.63, 3.8) is 0 Å². The van der Waals surface area contributed by atoms with Crippen LogP contribution in [0.3, 0.4) is 0 Å². The third-order valence-electron chi connectivity index (χ3n) is 5.81. The minimum Gasteiger partial charge on any atom is -0.368 e. The van der Waals surface area contributed by atoms with Gasteiger partial charge in [-0.3, -0.25) is 14.3 Å². The molecule has 5 rings (SSSR count). The first-order valence-corrected chi connectivity index (χ1v) is 10.8. The first-order chi connectivity index (χ1) is 15.9. The van der Waals surface area contributed by atoms with E-state index in [1.54, 1.807) is 10.8 Å². The van der Waals surface area contributed by atoms with Crippen molar-refractivity contribution in [2.24, 2.45) is 0 Å². The van der Waals surface area contributed by atoms with Gasteiger partial charge in [-0.25, -0.2) is 4.98 Å². The molecule has 0 radical (unpaired) electrons. The molecule has 3 aromatic heterocycles. The summed E-state index contributed by atoms with van der Waals surface area (Å²) in [6.07, 6.45) is 1.69. The van der Waals surface area contributed by atoms with Crippen LogP contribution >= 0.6 is 0 Å². The second-order valence-corrected chi connectivity index (χ2v) is 8.26. The Balaban J connectivity index is 1.72. The molecule has 0 bridgehead atoms. The van der Waals surface area contributed by atoms with Crippen LogP contribution < -0.4 is 16.6 Å². The molecule has 0 saturated heterocycles. The lowest BCUT2D eigenvalue weighted by Gasteiger charge is -2.22. The largest absolute Gasteiger partial charge is 0.368 e. The number of pyridine rings is 2. The molecule has 164 valence electrons. The van der Waals surface area contributed by atoms with Crippen molar-refractivity contribution in [3.8, 4) is 5.69 Å². The number of nitrogen functional groups attached to an aromatic ring is 1. The second-order valence-electron chi connectivity index (χ2n) is 8.26. The molecule has 0 amide bonds. The summed E-state index contributed by atoms with van der Waals surface area (Å²) in [5.41, 5.74) is 10.8. The molecule has 3 heterocycles. The van der Waals surface area contributed by atoms with Crippen LogP contribution in [-0.2, 0) is 0 Å². The van der Waals surface area contributed by atoms with Gasteiger partial charge in [-0.1, -0.05) is 30.3 Å². The molecule has 0 aliphatic heterocycles. The Hall–Kier alpha value is -4.26. The van der Waals surface area contributed by atoms with E-state index in [1.807, 2.05) is 75.4 Å². The molecular weight excluding hydrogens is 412 g/mol. The van der Waals surface area contributed by atoms with Crippen molar-refractivity contribution in [2.45, 2.75) is 26.8 Å². The smallest absolute Gasteiger partial charge is 0.263 e. The van der Waals surface area contributed by atoms with Gasteiger partial charge in [-0.05, 0) is 67.6 Å². The molecule has 3 N–H and O–H groups in total. The van der Waals surface area contributed by atoms with Crippen molar-refractivity contribution in [1.82, 2.24) is 19.5 Å². The van der Waals surface area contributed by atoms with Crippen LogP contribution in [0.2, 0.25) is 0 Å². The van der Waals surface area contributed by atoms with Crippen molar-refractivity contribution < 1.29 is 0 Å². The van der Waals surface area contributed by atoms with E-state index < -0.39 is 0 Å². The zero-order valence-corrected chi connectivity index (χ0v) is 18.7. The van der Waals surface area contributed by atoms with Crippen LogP contribution in [0.4, 0.5) is 11.8 Å². The van der Waals surface area contributed by atoms with E-state index in [0.29, 0.717) is 22.2 Å². The molecule has 7 nitrogen and oxygen atoms in total. The van der Waals surface area contributed by atoms with Gasteiger partial charge in [0.1, 0.15) is 5.52 Å². The fraction of sp³-hybridized carbons (Fsp3) is 0.154. The predicted molar refractivity (Wildman–Crippen MR) is 133 cm³/mol. The summed E-state index contributed by atoms with van der Waals surface area (Å²) in [7, 11) is 0. The van der Waals surface area contributed by atoms with E-state index >= 15 is 0 Å². The monoisotopic (exact) mass is 436 g/mol. The Bertz CT molecular complexity index is 1570. The lowest BCUT2D eigenvalue weighted by atomic mass is 10.0. The van der Waals surface area contributed by atoms with E-state index in [-0.39, 0.29) is 17.5 Å². The molecule has 0 unspecified atom stereocenters. The maximum absolute atomic E-state index is 13.8. The first kappa shape index (κ1) is 20.6. The van der Waals surface area contributed by atoms with Crippen LogP contribution in [0.1, 0.15) is 29.8 Å². The summed E-state index contributed by atoms with van der Waals surface area (Å²) in [5.74, 6) is 0.689. The Labute approximate surface area is 191 Å². The number of nitrogens with one attached hydrogen (secondary N) is 1. The molecule has 5 aromatic rings. The molecule has 0 spiro atoms. The highest BCUT2D eigenvalue weighted by Crippen LogP contribution is 2.27. The summed E-state index contributed by atoms with van der Waals surface area (Å²) in [5, 5.41) is 5.04. The zero-order valence-electron chi connectivity index (χ0n) is 18.7. The Kier molecular flexibility index (Phi) is 5.01. The molecule has 0 aliphatic carbocycles. The van der Waals surface area contributed by atoms with Crippen molar-refractivity contribution in [1.29, 1.82) is 0 Å². The fourth-order valence-corrected chi connectivity index (χ4v) is 4.27. The van der Waals surface area contributed by atoms with Crippen LogP contribution in [0, 0.1) is 13.8 Å². The summed E-state index contributed by atoms with van der Waals surface area (Å²) in [6.45, 7) is 5.98. The number of rotatable bonds is 4. The summed E-state index contributed by atoms with van der Waals surface area (Å²) in [4.78, 5) is 26.9. The molecule has 0 fully saturated rings. The quantitative estimate of drug-likeness (QED) is 0.424. The Morgan fingerprint density at radius 2 is 1.82 bits per heavy atom. The van der Waals surface area contributed by atoms with Crippen LogP contribution in [-0.4, -0.2) is 19.5 Å². The van der Waals surface area contributed by atoms with Gasteiger partial charge in [0.25, 0.3) is 5.56 Å². The molecule has 33 heavy (non-hydrogen) atoms. The van der Waals surface area contributed by atoms with Gasteiger partial charge in [-0.15, -0.1) is 0 Å². The van der Waals surface area contributed by atoms with Crippen LogP contribution in [0.15, 0.2) is 71.7 Å². The summed E-state index contributed by atoms with van der Waals surface area (Å²) < 4.78 is 1.78. The van der Waals surface area contributed by atoms with Gasteiger partial charge >= 0.3 is 0 Å². The van der Waals surface area contributed by atoms with Gasteiger partial charge in [-0.2, -0.15) is 4.98 Å². The predicted octanol–water partition coefficient (Wildman–Crippen LogP) is 4.70. The topological polar surface area (TPSA) is 98.7 Å². The maximum Gasteiger partial charge on any atom is 0.263 e. The zero-order chi connectivity index (χ0) is 23.1. The Morgan fingerprint density at radius 1 is 1.00 bits per heavy atom. The summed E-state index contributed by atoms with van der Waals surface area (Å²) in [6, 6.07) is 19.3. The normalized spacial score (nSPS) is 12.2. The average Bonchev–Trinajstić information content (AvgIpc) is 2.78. The number of nitrogens with zero attached hydrogens (tertiary/aromatic N) is 4. The number of nitrogens with two attached hydrogens (primary N) is 1. The minimum atomic E-state index is -0.275. The SMILES string of the molecule is Cc1cccc(-n2c([C@H](C)Nc3nc(N)nc4cccnc34)cc3cccc(C)c3c2=O)c1. The molecule has 7 heteroatoms. The lowest BCUT2D eigenvalue weighted by Crippen LogP contribution is -2.26. The standard InChI is InChI=1S/C26H24N6O/c1-15-7-4-10-19(13-15)32-21(14-18-9-5-8-16(2)22(18)25(32)33)17(3)29-24-23-20(11-6-12-28-23)30-26(27)31-24/h4-14,17H,1-3H3,(H3,27,29,30,31)/t17-/m0/s1. The number of aromatic nitrogens is 4. The number of anilines is 2. The third kappa shape index (κ3) is 3.67. The fourth-order valence-electron chi connectivity index (χ4n) is 4.27. The maximum atomic E-state index is 13.8. The third-order valence-corrected chi connectivity index (χ3v) is 5.81. The Morgan fingerprint density at radius 3 is 2.64 bits per heavy atom. The number of hydrogen-bond donors (Lipinski definition) is 2. The van der Waals surface area contributed by atoms with E-state index in [2.05, 4.69) is 26.3 Å². The van der Waals surface area contributed by atoms with Gasteiger partial charge < -0.3 is 11.1 Å². The lowest BCUT2D eigenvalue weighted by molar-refractivity contribution is 0.773. The summed E-state index contributed by atoms with van der Waals surface area (Å²) >= 11 is 0. The van der Waals surface area contributed by atoms with Gasteiger partial charge in [0, 0.05) is 17.6 Å². The van der Waals surface area contributed by atoms with Crippen LogP contribution in [0.5, 0.6) is 0 Å². The first-order valence-electron chi connectivity index (χ1n) is 10.8. The second kappa shape index (κ2) is 8.02. The van der Waals surface area contributed by atoms with E-state index in [1.165, 1.54) is 0 Å². The van der Waals surface area contributed by atoms with Crippen molar-refractivity contribution in [2.75, 3.05) is 11.1 Å². The average molecular weight is 437 g/mol. The van der Waals surface area contributed by atoms with Crippen LogP contribution in [0.25, 0.3) is 27.5 Å². The number of hydrogen-bond acceptors (Lipinski definition) is 6. The minimum absolute atomic E-state index is 0.0509.